The molecule has 2 atom stereocenters. The first-order valence-corrected chi connectivity index (χ1v) is 6.03. The normalized spacial score (nSPS) is 14.2. The van der Waals surface area contributed by atoms with Crippen molar-refractivity contribution in [2.75, 3.05) is 20.6 Å². The number of amides is 1. The van der Waals surface area contributed by atoms with Gasteiger partial charge in [-0.15, -0.1) is 6.58 Å². The maximum Gasteiger partial charge on any atom is 0.222 e. The van der Waals surface area contributed by atoms with E-state index in [1.54, 1.807) is 19.0 Å². The molecule has 1 amide bonds. The van der Waals surface area contributed by atoms with Crippen LogP contribution in [0.2, 0.25) is 0 Å². The van der Waals surface area contributed by atoms with E-state index in [1.165, 1.54) is 0 Å². The van der Waals surface area contributed by atoms with Crippen molar-refractivity contribution >= 4 is 5.91 Å². The molecule has 0 saturated heterocycles. The molecule has 0 aromatic heterocycles. The van der Waals surface area contributed by atoms with Gasteiger partial charge in [0.2, 0.25) is 5.91 Å². The molecule has 0 fully saturated rings. The Hall–Kier alpha value is -0.830. The van der Waals surface area contributed by atoms with Crippen molar-refractivity contribution in [3.05, 3.63) is 12.7 Å². The summed E-state index contributed by atoms with van der Waals surface area (Å²) in [5.74, 6) is 0.802. The molecule has 0 aliphatic carbocycles. The van der Waals surface area contributed by atoms with Gasteiger partial charge >= 0.3 is 0 Å². The molecule has 0 aromatic rings. The summed E-state index contributed by atoms with van der Waals surface area (Å²) in [7, 11) is 3.59. The summed E-state index contributed by atoms with van der Waals surface area (Å²) < 4.78 is 0. The molecule has 0 spiro atoms. The van der Waals surface area contributed by atoms with Gasteiger partial charge in [0.15, 0.2) is 0 Å². The Morgan fingerprint density at radius 3 is 2.56 bits per heavy atom. The van der Waals surface area contributed by atoms with E-state index in [-0.39, 0.29) is 5.91 Å². The summed E-state index contributed by atoms with van der Waals surface area (Å²) >= 11 is 0. The van der Waals surface area contributed by atoms with Crippen LogP contribution in [0.4, 0.5) is 0 Å². The fraction of sp³-hybridized carbons (Fsp3) is 0.769. The van der Waals surface area contributed by atoms with E-state index in [1.807, 2.05) is 6.08 Å². The lowest BCUT2D eigenvalue weighted by molar-refractivity contribution is -0.128. The van der Waals surface area contributed by atoms with Crippen LogP contribution in [0.25, 0.3) is 0 Å². The number of nitrogens with zero attached hydrogens (tertiary/aromatic N) is 1. The van der Waals surface area contributed by atoms with Gasteiger partial charge in [-0.3, -0.25) is 4.79 Å². The van der Waals surface area contributed by atoms with E-state index in [4.69, 9.17) is 0 Å². The Kier molecular flexibility index (Phi) is 7.90. The van der Waals surface area contributed by atoms with E-state index in [2.05, 4.69) is 25.7 Å². The highest BCUT2D eigenvalue weighted by atomic mass is 16.2. The second-order valence-electron chi connectivity index (χ2n) is 4.64. The Bertz CT molecular complexity index is 214. The third-order valence-electron chi connectivity index (χ3n) is 2.92. The minimum Gasteiger partial charge on any atom is -0.349 e. The van der Waals surface area contributed by atoms with Gasteiger partial charge in [-0.25, -0.2) is 0 Å². The first kappa shape index (κ1) is 15.2. The first-order chi connectivity index (χ1) is 7.49. The van der Waals surface area contributed by atoms with E-state index < -0.39 is 0 Å². The zero-order chi connectivity index (χ0) is 12.6. The minimum atomic E-state index is 0.202. The maximum absolute atomic E-state index is 11.3. The number of allylic oxidation sites excluding steroid dienone is 1. The number of carbonyl (C=O) groups excluding carboxylic acids is 1. The molecule has 16 heavy (non-hydrogen) atoms. The molecule has 0 aromatic carbocycles. The number of nitrogens with one attached hydrogen (secondary N) is 1. The Morgan fingerprint density at radius 2 is 2.06 bits per heavy atom. The zero-order valence-corrected chi connectivity index (χ0v) is 11.1. The average molecular weight is 226 g/mol. The predicted octanol–water partition coefficient (Wildman–Crippen LogP) is 2.05. The van der Waals surface area contributed by atoms with Crippen molar-refractivity contribution in [2.45, 2.75) is 39.2 Å². The van der Waals surface area contributed by atoms with Gasteiger partial charge in [0, 0.05) is 26.6 Å². The first-order valence-electron chi connectivity index (χ1n) is 6.03. The van der Waals surface area contributed by atoms with Crippen molar-refractivity contribution in [1.29, 1.82) is 0 Å². The fourth-order valence-corrected chi connectivity index (χ4v) is 1.46. The standard InChI is InChI=1S/C13H26N2O/c1-6-8-11(2)12(3)14-10-7-9-13(16)15(4)5/h6,11-12,14H,1,7-10H2,2-5H3. The smallest absolute Gasteiger partial charge is 0.222 e. The lowest BCUT2D eigenvalue weighted by Crippen LogP contribution is -2.33. The Balaban J connectivity index is 3.58. The van der Waals surface area contributed by atoms with Crippen molar-refractivity contribution in [3.63, 3.8) is 0 Å². The molecule has 2 unspecified atom stereocenters. The van der Waals surface area contributed by atoms with Crippen molar-refractivity contribution in [1.82, 2.24) is 10.2 Å². The van der Waals surface area contributed by atoms with Crippen LogP contribution < -0.4 is 5.32 Å². The largest absolute Gasteiger partial charge is 0.349 e. The maximum atomic E-state index is 11.3. The van der Waals surface area contributed by atoms with Crippen LogP contribution in [0.5, 0.6) is 0 Å². The molecule has 0 rings (SSSR count). The van der Waals surface area contributed by atoms with Crippen LogP contribution in [0.3, 0.4) is 0 Å². The summed E-state index contributed by atoms with van der Waals surface area (Å²) in [6, 6.07) is 0.479. The number of rotatable bonds is 8. The van der Waals surface area contributed by atoms with Crippen molar-refractivity contribution in [2.24, 2.45) is 5.92 Å². The molecule has 0 aliphatic heterocycles. The summed E-state index contributed by atoms with van der Waals surface area (Å²) in [5.41, 5.74) is 0. The van der Waals surface area contributed by atoms with Crippen LogP contribution in [-0.2, 0) is 4.79 Å². The summed E-state index contributed by atoms with van der Waals surface area (Å²) in [6.07, 6.45) is 4.52. The number of hydrogen-bond acceptors (Lipinski definition) is 2. The van der Waals surface area contributed by atoms with Crippen LogP contribution in [0, 0.1) is 5.92 Å². The predicted molar refractivity (Wildman–Crippen MR) is 69.4 cm³/mol. The third-order valence-corrected chi connectivity index (χ3v) is 2.92. The molecular formula is C13H26N2O. The van der Waals surface area contributed by atoms with E-state index >= 15 is 0 Å². The second-order valence-corrected chi connectivity index (χ2v) is 4.64. The van der Waals surface area contributed by atoms with Crippen LogP contribution >= 0.6 is 0 Å². The molecule has 94 valence electrons. The molecular weight excluding hydrogens is 200 g/mol. The average Bonchev–Trinajstić information content (AvgIpc) is 2.23. The van der Waals surface area contributed by atoms with Crippen LogP contribution in [0.1, 0.15) is 33.1 Å². The monoisotopic (exact) mass is 226 g/mol. The van der Waals surface area contributed by atoms with E-state index in [0.717, 1.165) is 19.4 Å². The summed E-state index contributed by atoms with van der Waals surface area (Å²) in [5, 5.41) is 3.44. The molecule has 0 radical (unpaired) electrons. The van der Waals surface area contributed by atoms with Crippen molar-refractivity contribution < 1.29 is 4.79 Å². The third kappa shape index (κ3) is 6.62. The molecule has 0 aliphatic rings. The van der Waals surface area contributed by atoms with Crippen LogP contribution in [0.15, 0.2) is 12.7 Å². The second kappa shape index (κ2) is 8.34. The SMILES string of the molecule is C=CCC(C)C(C)NCCCC(=O)N(C)C. The summed E-state index contributed by atoms with van der Waals surface area (Å²) in [6.45, 7) is 9.04. The highest BCUT2D eigenvalue weighted by molar-refractivity contribution is 5.75. The van der Waals surface area contributed by atoms with E-state index in [9.17, 15) is 4.79 Å². The topological polar surface area (TPSA) is 32.3 Å². The fourth-order valence-electron chi connectivity index (χ4n) is 1.46. The van der Waals surface area contributed by atoms with Gasteiger partial charge in [-0.1, -0.05) is 13.0 Å². The highest BCUT2D eigenvalue weighted by Gasteiger charge is 2.09. The van der Waals surface area contributed by atoms with Gasteiger partial charge in [0.25, 0.3) is 0 Å². The molecule has 0 heterocycles. The number of carbonyl (C=O) groups is 1. The van der Waals surface area contributed by atoms with Gasteiger partial charge in [0.05, 0.1) is 0 Å². The Labute approximate surface area is 99.9 Å². The van der Waals surface area contributed by atoms with Gasteiger partial charge in [0.1, 0.15) is 0 Å². The van der Waals surface area contributed by atoms with E-state index in [0.29, 0.717) is 18.4 Å². The lowest BCUT2D eigenvalue weighted by atomic mass is 10.00. The molecule has 0 saturated carbocycles. The molecule has 1 N–H and O–H groups in total. The summed E-state index contributed by atoms with van der Waals surface area (Å²) in [4.78, 5) is 13.0. The van der Waals surface area contributed by atoms with Gasteiger partial charge in [-0.05, 0) is 32.2 Å². The van der Waals surface area contributed by atoms with Gasteiger partial charge < -0.3 is 10.2 Å². The zero-order valence-electron chi connectivity index (χ0n) is 11.1. The highest BCUT2D eigenvalue weighted by Crippen LogP contribution is 2.07. The molecule has 3 nitrogen and oxygen atoms in total. The molecule has 0 bridgehead atoms. The van der Waals surface area contributed by atoms with Gasteiger partial charge in [-0.2, -0.15) is 0 Å². The van der Waals surface area contributed by atoms with Crippen LogP contribution in [-0.4, -0.2) is 37.5 Å². The van der Waals surface area contributed by atoms with Crippen molar-refractivity contribution in [3.8, 4) is 0 Å². The number of hydrogen-bond donors (Lipinski definition) is 1. The Morgan fingerprint density at radius 1 is 1.44 bits per heavy atom. The lowest BCUT2D eigenvalue weighted by Gasteiger charge is -2.20. The quantitative estimate of drug-likeness (QED) is 0.507. The minimum absolute atomic E-state index is 0.202. The molecule has 3 heteroatoms.